The maximum Gasteiger partial charge on any atom is 0.335 e. The quantitative estimate of drug-likeness (QED) is 0.791. The van der Waals surface area contributed by atoms with E-state index in [0.29, 0.717) is 11.8 Å². The van der Waals surface area contributed by atoms with Crippen molar-refractivity contribution >= 4 is 5.97 Å². The smallest absolute Gasteiger partial charge is 0.335 e. The minimum Gasteiger partial charge on any atom is -0.478 e. The molecule has 1 aromatic carbocycles. The Hall–Kier alpha value is -2.23. The van der Waals surface area contributed by atoms with Gasteiger partial charge < -0.3 is 10.2 Å². The van der Waals surface area contributed by atoms with Gasteiger partial charge in [-0.25, -0.2) is 4.79 Å². The second kappa shape index (κ2) is 6.09. The highest BCUT2D eigenvalue weighted by Crippen LogP contribution is 2.32. The van der Waals surface area contributed by atoms with Gasteiger partial charge in [-0.2, -0.15) is 0 Å². The number of carbonyl (C=O) groups is 1. The fourth-order valence-corrected chi connectivity index (χ4v) is 1.94. The molecule has 0 bridgehead atoms. The molecule has 0 amide bonds. The van der Waals surface area contributed by atoms with E-state index in [9.17, 15) is 4.79 Å². The monoisotopic (exact) mass is 254 g/mol. The Morgan fingerprint density at radius 3 is 2.47 bits per heavy atom. The Labute approximate surface area is 112 Å². The number of hydrogen-bond donors (Lipinski definition) is 2. The molecular weight excluding hydrogens is 240 g/mol. The summed E-state index contributed by atoms with van der Waals surface area (Å²) < 4.78 is 0. The molecule has 2 rings (SSSR count). The zero-order valence-corrected chi connectivity index (χ0v) is 10.4. The van der Waals surface area contributed by atoms with Gasteiger partial charge in [-0.05, 0) is 54.9 Å². The Morgan fingerprint density at radius 1 is 1.21 bits per heavy atom. The normalized spacial score (nSPS) is 20.3. The van der Waals surface area contributed by atoms with Crippen LogP contribution < -0.4 is 0 Å². The second-order valence-corrected chi connectivity index (χ2v) is 4.62. The Balaban J connectivity index is 1.90. The first-order valence-corrected chi connectivity index (χ1v) is 6.15. The molecular formula is C16H14O3. The molecule has 0 radical (unpaired) electrons. The van der Waals surface area contributed by atoms with E-state index in [2.05, 4.69) is 23.7 Å². The van der Waals surface area contributed by atoms with Gasteiger partial charge in [0.2, 0.25) is 0 Å². The van der Waals surface area contributed by atoms with Gasteiger partial charge in [0.1, 0.15) is 0 Å². The van der Waals surface area contributed by atoms with E-state index < -0.39 is 5.97 Å². The summed E-state index contributed by atoms with van der Waals surface area (Å²) in [6.45, 7) is 0.250. The molecule has 1 aliphatic carbocycles. The summed E-state index contributed by atoms with van der Waals surface area (Å²) in [5.74, 6) is 11.3. The number of aromatic carboxylic acids is 1. The molecule has 96 valence electrons. The number of hydrogen-bond acceptors (Lipinski definition) is 2. The lowest BCUT2D eigenvalue weighted by molar-refractivity contribution is 0.0697. The predicted octanol–water partition coefficient (Wildman–Crippen LogP) is 1.76. The SMILES string of the molecule is O=C(O)c1ccc(C#CC#C[C@H]2C[C@@H](CO)C2)cc1. The molecule has 0 atom stereocenters. The van der Waals surface area contributed by atoms with Crippen LogP contribution in [0.25, 0.3) is 0 Å². The molecule has 1 aliphatic rings. The molecule has 19 heavy (non-hydrogen) atoms. The number of carboxylic acid groups (broad SMARTS) is 1. The van der Waals surface area contributed by atoms with Crippen molar-refractivity contribution in [2.45, 2.75) is 12.8 Å². The van der Waals surface area contributed by atoms with Gasteiger partial charge >= 0.3 is 5.97 Å². The van der Waals surface area contributed by atoms with Gasteiger partial charge in [0.25, 0.3) is 0 Å². The Bertz CT molecular complexity index is 572. The first-order chi connectivity index (χ1) is 9.19. The second-order valence-electron chi connectivity index (χ2n) is 4.62. The number of carboxylic acids is 1. The van der Waals surface area contributed by atoms with Gasteiger partial charge in [-0.1, -0.05) is 11.8 Å². The van der Waals surface area contributed by atoms with E-state index in [1.807, 2.05) is 0 Å². The highest BCUT2D eigenvalue weighted by molar-refractivity contribution is 5.87. The summed E-state index contributed by atoms with van der Waals surface area (Å²) in [5.41, 5.74) is 1.00. The molecule has 3 nitrogen and oxygen atoms in total. The third-order valence-electron chi connectivity index (χ3n) is 3.17. The van der Waals surface area contributed by atoms with Crippen molar-refractivity contribution in [3.05, 3.63) is 35.4 Å². The van der Waals surface area contributed by atoms with E-state index in [0.717, 1.165) is 18.4 Å². The van der Waals surface area contributed by atoms with Crippen molar-refractivity contribution in [2.24, 2.45) is 11.8 Å². The van der Waals surface area contributed by atoms with Crippen molar-refractivity contribution < 1.29 is 15.0 Å². The number of benzene rings is 1. The van der Waals surface area contributed by atoms with Crippen LogP contribution in [-0.4, -0.2) is 22.8 Å². The number of rotatable bonds is 2. The fourth-order valence-electron chi connectivity index (χ4n) is 1.94. The topological polar surface area (TPSA) is 57.5 Å². The van der Waals surface area contributed by atoms with Gasteiger partial charge in [0.05, 0.1) is 5.56 Å². The Kier molecular flexibility index (Phi) is 4.23. The van der Waals surface area contributed by atoms with E-state index in [4.69, 9.17) is 10.2 Å². The third-order valence-corrected chi connectivity index (χ3v) is 3.17. The van der Waals surface area contributed by atoms with E-state index in [1.54, 1.807) is 12.1 Å². The standard InChI is InChI=1S/C16H14O3/c17-11-14-9-13(10-14)4-2-1-3-12-5-7-15(8-6-12)16(18)19/h5-8,13-14,17H,9-11H2,(H,18,19)/t13-,14+. The summed E-state index contributed by atoms with van der Waals surface area (Å²) in [5, 5.41) is 17.6. The molecule has 0 aromatic heterocycles. The molecule has 0 aliphatic heterocycles. The summed E-state index contributed by atoms with van der Waals surface area (Å²) in [6, 6.07) is 6.39. The zero-order chi connectivity index (χ0) is 13.7. The minimum absolute atomic E-state index is 0.250. The molecule has 2 N–H and O–H groups in total. The summed E-state index contributed by atoms with van der Waals surface area (Å²) in [4.78, 5) is 10.7. The van der Waals surface area contributed by atoms with Gasteiger partial charge in [-0.3, -0.25) is 0 Å². The lowest BCUT2D eigenvalue weighted by atomic mass is 9.76. The molecule has 0 heterocycles. The van der Waals surface area contributed by atoms with Crippen molar-refractivity contribution in [3.8, 4) is 23.7 Å². The van der Waals surface area contributed by atoms with E-state index in [-0.39, 0.29) is 12.2 Å². The molecule has 1 saturated carbocycles. The number of aliphatic hydroxyl groups excluding tert-OH is 1. The lowest BCUT2D eigenvalue weighted by Gasteiger charge is -2.29. The van der Waals surface area contributed by atoms with Gasteiger partial charge in [0, 0.05) is 18.1 Å². The van der Waals surface area contributed by atoms with Crippen molar-refractivity contribution in [1.29, 1.82) is 0 Å². The highest BCUT2D eigenvalue weighted by atomic mass is 16.4. The fraction of sp³-hybridized carbons (Fsp3) is 0.312. The summed E-state index contributed by atoms with van der Waals surface area (Å²) in [6.07, 6.45) is 1.91. The molecule has 0 unspecified atom stereocenters. The molecule has 0 saturated heterocycles. The van der Waals surface area contributed by atoms with Crippen molar-refractivity contribution in [2.75, 3.05) is 6.61 Å². The first-order valence-electron chi connectivity index (χ1n) is 6.15. The van der Waals surface area contributed by atoms with Crippen LogP contribution in [0.1, 0.15) is 28.8 Å². The average Bonchev–Trinajstić information content (AvgIpc) is 2.37. The largest absolute Gasteiger partial charge is 0.478 e. The average molecular weight is 254 g/mol. The molecule has 3 heteroatoms. The minimum atomic E-state index is -0.942. The van der Waals surface area contributed by atoms with E-state index >= 15 is 0 Å². The zero-order valence-electron chi connectivity index (χ0n) is 10.4. The van der Waals surface area contributed by atoms with Crippen LogP contribution in [0.5, 0.6) is 0 Å². The van der Waals surface area contributed by atoms with Crippen molar-refractivity contribution in [3.63, 3.8) is 0 Å². The van der Waals surface area contributed by atoms with Gasteiger partial charge in [0.15, 0.2) is 0 Å². The molecule has 1 fully saturated rings. The van der Waals surface area contributed by atoms with Crippen LogP contribution >= 0.6 is 0 Å². The lowest BCUT2D eigenvalue weighted by Crippen LogP contribution is -2.25. The first kappa shape index (κ1) is 13.2. The van der Waals surface area contributed by atoms with Crippen LogP contribution in [0.2, 0.25) is 0 Å². The van der Waals surface area contributed by atoms with Crippen LogP contribution in [0, 0.1) is 35.5 Å². The summed E-state index contributed by atoms with van der Waals surface area (Å²) >= 11 is 0. The maximum absolute atomic E-state index is 10.7. The van der Waals surface area contributed by atoms with Crippen LogP contribution in [0.4, 0.5) is 0 Å². The maximum atomic E-state index is 10.7. The predicted molar refractivity (Wildman–Crippen MR) is 71.4 cm³/mol. The third kappa shape index (κ3) is 3.61. The van der Waals surface area contributed by atoms with Gasteiger partial charge in [-0.15, -0.1) is 0 Å². The number of aliphatic hydroxyl groups is 1. The molecule has 0 spiro atoms. The Morgan fingerprint density at radius 2 is 1.89 bits per heavy atom. The summed E-state index contributed by atoms with van der Waals surface area (Å²) in [7, 11) is 0. The molecule has 1 aromatic rings. The van der Waals surface area contributed by atoms with Crippen LogP contribution in [0.3, 0.4) is 0 Å². The van der Waals surface area contributed by atoms with Crippen LogP contribution in [-0.2, 0) is 0 Å². The van der Waals surface area contributed by atoms with E-state index in [1.165, 1.54) is 12.1 Å². The van der Waals surface area contributed by atoms with Crippen LogP contribution in [0.15, 0.2) is 24.3 Å². The van der Waals surface area contributed by atoms with Crippen molar-refractivity contribution in [1.82, 2.24) is 0 Å². The highest BCUT2D eigenvalue weighted by Gasteiger charge is 2.26.